The number of aromatic nitrogens is 1. The molecule has 19 heavy (non-hydrogen) atoms. The molecule has 7 heteroatoms. The Morgan fingerprint density at radius 2 is 2.11 bits per heavy atom. The van der Waals surface area contributed by atoms with Gasteiger partial charge in [0.15, 0.2) is 0 Å². The molecule has 0 bridgehead atoms. The number of rotatable bonds is 3. The number of nitrogens with one attached hydrogen (secondary N) is 1. The van der Waals surface area contributed by atoms with E-state index in [0.29, 0.717) is 11.4 Å². The summed E-state index contributed by atoms with van der Waals surface area (Å²) < 4.78 is 13.2. The Hall–Kier alpha value is -2.21. The van der Waals surface area contributed by atoms with Gasteiger partial charge in [-0.05, 0) is 18.2 Å². The van der Waals surface area contributed by atoms with Gasteiger partial charge in [0.2, 0.25) is 0 Å². The summed E-state index contributed by atoms with van der Waals surface area (Å²) in [7, 11) is 1.59. The number of benzene rings is 1. The molecular weight excluding hydrogens is 273 g/mol. The monoisotopic (exact) mass is 281 g/mol. The number of hydrogen-bond donors (Lipinski definition) is 1. The van der Waals surface area contributed by atoms with Crippen LogP contribution in [0.5, 0.6) is 0 Å². The van der Waals surface area contributed by atoms with Crippen LogP contribution in [0.15, 0.2) is 30.3 Å². The van der Waals surface area contributed by atoms with Crippen molar-refractivity contribution in [3.05, 3.63) is 51.3 Å². The highest BCUT2D eigenvalue weighted by molar-refractivity contribution is 6.33. The van der Waals surface area contributed by atoms with Crippen molar-refractivity contribution in [1.29, 1.82) is 0 Å². The van der Waals surface area contributed by atoms with Crippen LogP contribution in [-0.4, -0.2) is 17.0 Å². The molecule has 1 aromatic carbocycles. The molecule has 0 aliphatic rings. The van der Waals surface area contributed by atoms with E-state index in [0.717, 1.165) is 0 Å². The molecule has 0 radical (unpaired) electrons. The third kappa shape index (κ3) is 2.79. The third-order valence-corrected chi connectivity index (χ3v) is 2.81. The molecule has 1 heterocycles. The van der Waals surface area contributed by atoms with Crippen LogP contribution >= 0.6 is 11.6 Å². The summed E-state index contributed by atoms with van der Waals surface area (Å²) >= 11 is 5.96. The molecule has 0 saturated heterocycles. The first-order valence-corrected chi connectivity index (χ1v) is 5.68. The lowest BCUT2D eigenvalue weighted by molar-refractivity contribution is -0.384. The molecule has 0 fully saturated rings. The Kier molecular flexibility index (Phi) is 3.62. The van der Waals surface area contributed by atoms with Crippen molar-refractivity contribution in [2.24, 2.45) is 0 Å². The number of hydrogen-bond acceptors (Lipinski definition) is 4. The van der Waals surface area contributed by atoms with Crippen molar-refractivity contribution in [3.63, 3.8) is 0 Å². The maximum absolute atomic E-state index is 13.2. The molecule has 0 unspecified atom stereocenters. The lowest BCUT2D eigenvalue weighted by Gasteiger charge is -2.06. The number of anilines is 1. The Morgan fingerprint density at radius 3 is 2.74 bits per heavy atom. The smallest absolute Gasteiger partial charge is 0.275 e. The second-order valence-corrected chi connectivity index (χ2v) is 4.13. The van der Waals surface area contributed by atoms with Crippen LogP contribution < -0.4 is 5.32 Å². The molecule has 2 aromatic rings. The molecule has 0 amide bonds. The van der Waals surface area contributed by atoms with Gasteiger partial charge in [-0.15, -0.1) is 0 Å². The van der Waals surface area contributed by atoms with E-state index < -0.39 is 10.7 Å². The van der Waals surface area contributed by atoms with Crippen LogP contribution in [0, 0.1) is 15.9 Å². The fourth-order valence-electron chi connectivity index (χ4n) is 1.58. The van der Waals surface area contributed by atoms with Crippen LogP contribution in [-0.2, 0) is 0 Å². The van der Waals surface area contributed by atoms with Gasteiger partial charge in [-0.1, -0.05) is 11.6 Å². The van der Waals surface area contributed by atoms with Gasteiger partial charge < -0.3 is 5.32 Å². The van der Waals surface area contributed by atoms with E-state index in [9.17, 15) is 14.5 Å². The number of nitro groups is 1. The zero-order chi connectivity index (χ0) is 14.0. The van der Waals surface area contributed by atoms with Crippen LogP contribution in [0.3, 0.4) is 0 Å². The first kappa shape index (κ1) is 13.2. The lowest BCUT2D eigenvalue weighted by atomic mass is 10.1. The molecule has 0 atom stereocenters. The highest BCUT2D eigenvalue weighted by Gasteiger charge is 2.14. The van der Waals surface area contributed by atoms with Crippen molar-refractivity contribution >= 4 is 23.1 Å². The quantitative estimate of drug-likeness (QED) is 0.691. The van der Waals surface area contributed by atoms with Gasteiger partial charge >= 0.3 is 0 Å². The molecule has 5 nitrogen and oxygen atoms in total. The molecular formula is C12H9ClFN3O2. The fourth-order valence-corrected chi connectivity index (χ4v) is 1.80. The standard InChI is InChI=1S/C12H9ClFN3O2/c1-15-12-6-8(17(18)19)5-11(16-12)9-4-7(14)2-3-10(9)13/h2-6H,1H3,(H,15,16). The lowest BCUT2D eigenvalue weighted by Crippen LogP contribution is -1.98. The number of halogens is 2. The molecule has 0 spiro atoms. The average molecular weight is 282 g/mol. The maximum Gasteiger partial charge on any atom is 0.275 e. The minimum atomic E-state index is -0.542. The third-order valence-electron chi connectivity index (χ3n) is 2.48. The normalized spacial score (nSPS) is 10.3. The average Bonchev–Trinajstić information content (AvgIpc) is 2.40. The molecule has 2 rings (SSSR count). The van der Waals surface area contributed by atoms with Crippen LogP contribution in [0.4, 0.5) is 15.9 Å². The Labute approximate surface area is 113 Å². The van der Waals surface area contributed by atoms with Crippen molar-refractivity contribution < 1.29 is 9.31 Å². The second-order valence-electron chi connectivity index (χ2n) is 3.73. The summed E-state index contributed by atoms with van der Waals surface area (Å²) in [5.74, 6) is -0.178. The first-order chi connectivity index (χ1) is 9.01. The van der Waals surface area contributed by atoms with Crippen LogP contribution in [0.25, 0.3) is 11.3 Å². The number of pyridine rings is 1. The molecule has 98 valence electrons. The van der Waals surface area contributed by atoms with E-state index in [4.69, 9.17) is 11.6 Å². The summed E-state index contributed by atoms with van der Waals surface area (Å²) in [5.41, 5.74) is 0.402. The van der Waals surface area contributed by atoms with Crippen molar-refractivity contribution in [3.8, 4) is 11.3 Å². The Morgan fingerprint density at radius 1 is 1.37 bits per heavy atom. The molecule has 0 aliphatic heterocycles. The Bertz CT molecular complexity index is 649. The van der Waals surface area contributed by atoms with Gasteiger partial charge in [0.1, 0.15) is 11.6 Å². The summed E-state index contributed by atoms with van der Waals surface area (Å²) in [6.07, 6.45) is 0. The van der Waals surface area contributed by atoms with E-state index in [-0.39, 0.29) is 16.4 Å². The second kappa shape index (κ2) is 5.19. The van der Waals surface area contributed by atoms with Gasteiger partial charge in [0, 0.05) is 18.7 Å². The molecule has 0 saturated carbocycles. The topological polar surface area (TPSA) is 68.1 Å². The minimum absolute atomic E-state index is 0.144. The summed E-state index contributed by atoms with van der Waals surface area (Å²) in [5, 5.41) is 13.8. The predicted molar refractivity (Wildman–Crippen MR) is 70.8 cm³/mol. The summed E-state index contributed by atoms with van der Waals surface area (Å²) in [6.45, 7) is 0. The van der Waals surface area contributed by atoms with Crippen LogP contribution in [0.1, 0.15) is 0 Å². The SMILES string of the molecule is CNc1cc([N+](=O)[O-])cc(-c2cc(F)ccc2Cl)n1. The predicted octanol–water partition coefficient (Wildman–Crippen LogP) is 3.49. The highest BCUT2D eigenvalue weighted by Crippen LogP contribution is 2.30. The zero-order valence-corrected chi connectivity index (χ0v) is 10.6. The fraction of sp³-hybridized carbons (Fsp3) is 0.0833. The van der Waals surface area contributed by atoms with E-state index in [1.807, 2.05) is 0 Å². The molecule has 1 N–H and O–H groups in total. The number of nitrogens with zero attached hydrogens (tertiary/aromatic N) is 2. The summed E-state index contributed by atoms with van der Waals surface area (Å²) in [4.78, 5) is 14.4. The molecule has 0 aliphatic carbocycles. The van der Waals surface area contributed by atoms with E-state index in [1.165, 1.54) is 30.3 Å². The van der Waals surface area contributed by atoms with Crippen molar-refractivity contribution in [2.45, 2.75) is 0 Å². The van der Waals surface area contributed by atoms with Crippen molar-refractivity contribution in [1.82, 2.24) is 4.98 Å². The summed E-state index contributed by atoms with van der Waals surface area (Å²) in [6, 6.07) is 6.32. The Balaban J connectivity index is 2.64. The van der Waals surface area contributed by atoms with Gasteiger partial charge in [-0.25, -0.2) is 9.37 Å². The van der Waals surface area contributed by atoms with Crippen molar-refractivity contribution in [2.75, 3.05) is 12.4 Å². The zero-order valence-electron chi connectivity index (χ0n) is 9.85. The van der Waals surface area contributed by atoms with Gasteiger partial charge in [-0.2, -0.15) is 0 Å². The largest absolute Gasteiger partial charge is 0.373 e. The minimum Gasteiger partial charge on any atom is -0.373 e. The van der Waals surface area contributed by atoms with Crippen LogP contribution in [0.2, 0.25) is 5.02 Å². The van der Waals surface area contributed by atoms with E-state index in [1.54, 1.807) is 7.05 Å². The van der Waals surface area contributed by atoms with Gasteiger partial charge in [0.25, 0.3) is 5.69 Å². The van der Waals surface area contributed by atoms with E-state index >= 15 is 0 Å². The highest BCUT2D eigenvalue weighted by atomic mass is 35.5. The first-order valence-electron chi connectivity index (χ1n) is 5.31. The van der Waals surface area contributed by atoms with E-state index in [2.05, 4.69) is 10.3 Å². The maximum atomic E-state index is 13.2. The van der Waals surface area contributed by atoms with Gasteiger partial charge in [0.05, 0.1) is 21.7 Å². The van der Waals surface area contributed by atoms with Gasteiger partial charge in [-0.3, -0.25) is 10.1 Å². The molecule has 1 aromatic heterocycles.